The number of aliphatic carboxylic acids is 1. The number of carbonyl (C=O) groups is 2. The molecule has 1 aliphatic heterocycles. The Morgan fingerprint density at radius 1 is 1.47 bits per heavy atom. The number of thioether (sulfide) groups is 1. The molecule has 0 bridgehead atoms. The van der Waals surface area contributed by atoms with Crippen LogP contribution in [0.3, 0.4) is 0 Å². The molecule has 92 valence electrons. The predicted molar refractivity (Wildman–Crippen MR) is 68.4 cm³/mol. The molecule has 1 aromatic rings. The monoisotopic (exact) mass is 271 g/mol. The number of amides is 1. The fourth-order valence-electron chi connectivity index (χ4n) is 1.78. The first-order chi connectivity index (χ1) is 8.16. The van der Waals surface area contributed by atoms with Crippen molar-refractivity contribution in [2.45, 2.75) is 13.0 Å². The van der Waals surface area contributed by atoms with E-state index < -0.39 is 5.97 Å². The summed E-state index contributed by atoms with van der Waals surface area (Å²) in [5.41, 5.74) is 1.23. The van der Waals surface area contributed by atoms with Crippen molar-refractivity contribution in [2.75, 3.05) is 18.1 Å². The zero-order valence-corrected chi connectivity index (χ0v) is 10.9. The second-order valence-corrected chi connectivity index (χ2v) is 5.81. The Morgan fingerprint density at radius 3 is 3.06 bits per heavy atom. The molecular weight excluding hydrogens is 258 g/mol. The summed E-state index contributed by atoms with van der Waals surface area (Å²) in [4.78, 5) is 25.3. The van der Waals surface area contributed by atoms with Crippen LogP contribution in [0.15, 0.2) is 11.4 Å². The highest BCUT2D eigenvalue weighted by atomic mass is 32.2. The molecule has 2 heterocycles. The Bertz CT molecular complexity index is 430. The van der Waals surface area contributed by atoms with Crippen LogP contribution in [0.4, 0.5) is 0 Å². The van der Waals surface area contributed by atoms with Crippen LogP contribution in [-0.4, -0.2) is 39.9 Å². The predicted octanol–water partition coefficient (Wildman–Crippen LogP) is 1.45. The van der Waals surface area contributed by atoms with E-state index in [2.05, 4.69) is 11.4 Å². The molecule has 6 heteroatoms. The summed E-state index contributed by atoms with van der Waals surface area (Å²) in [5.74, 6) is -0.593. The fourth-order valence-corrected chi connectivity index (χ4v) is 3.30. The lowest BCUT2D eigenvalue weighted by atomic mass is 10.1. The smallest absolute Gasteiger partial charge is 0.313 e. The van der Waals surface area contributed by atoms with E-state index in [1.807, 2.05) is 4.90 Å². The van der Waals surface area contributed by atoms with Gasteiger partial charge >= 0.3 is 5.97 Å². The lowest BCUT2D eigenvalue weighted by Gasteiger charge is -2.26. The molecule has 1 N–H and O–H groups in total. The number of carbonyl (C=O) groups excluding carboxylic acids is 1. The van der Waals surface area contributed by atoms with Gasteiger partial charge in [-0.3, -0.25) is 9.59 Å². The summed E-state index contributed by atoms with van der Waals surface area (Å²) in [6.45, 7) is 1.42. The Kier molecular flexibility index (Phi) is 4.06. The van der Waals surface area contributed by atoms with Gasteiger partial charge in [-0.2, -0.15) is 0 Å². The Balaban J connectivity index is 1.84. The van der Waals surface area contributed by atoms with Gasteiger partial charge in [-0.1, -0.05) is 0 Å². The van der Waals surface area contributed by atoms with Crippen molar-refractivity contribution in [3.63, 3.8) is 0 Å². The number of carboxylic acids is 1. The summed E-state index contributed by atoms with van der Waals surface area (Å²) in [7, 11) is 0. The molecule has 0 spiro atoms. The Hall–Kier alpha value is -1.01. The van der Waals surface area contributed by atoms with E-state index in [4.69, 9.17) is 5.11 Å². The van der Waals surface area contributed by atoms with Crippen LogP contribution in [-0.2, 0) is 22.6 Å². The van der Waals surface area contributed by atoms with Crippen LogP contribution in [0, 0.1) is 0 Å². The van der Waals surface area contributed by atoms with Gasteiger partial charge in [-0.05, 0) is 23.4 Å². The average molecular weight is 271 g/mol. The molecule has 0 fully saturated rings. The molecule has 2 rings (SSSR count). The van der Waals surface area contributed by atoms with Crippen molar-refractivity contribution in [3.05, 3.63) is 21.9 Å². The van der Waals surface area contributed by atoms with Crippen LogP contribution in [0.2, 0.25) is 0 Å². The topological polar surface area (TPSA) is 57.6 Å². The fraction of sp³-hybridized carbons (Fsp3) is 0.455. The van der Waals surface area contributed by atoms with Crippen LogP contribution >= 0.6 is 23.1 Å². The summed E-state index contributed by atoms with van der Waals surface area (Å²) in [6, 6.07) is 2.06. The first kappa shape index (κ1) is 12.4. The first-order valence-corrected chi connectivity index (χ1v) is 7.33. The van der Waals surface area contributed by atoms with E-state index >= 15 is 0 Å². The summed E-state index contributed by atoms with van der Waals surface area (Å²) in [6.07, 6.45) is 0.919. The Morgan fingerprint density at radius 2 is 2.29 bits per heavy atom. The molecule has 1 amide bonds. The van der Waals surface area contributed by atoms with Gasteiger partial charge in [0.1, 0.15) is 0 Å². The maximum Gasteiger partial charge on any atom is 0.313 e. The molecule has 0 saturated heterocycles. The van der Waals surface area contributed by atoms with Gasteiger partial charge < -0.3 is 10.0 Å². The third-order valence-electron chi connectivity index (χ3n) is 2.61. The highest BCUT2D eigenvalue weighted by Gasteiger charge is 2.21. The van der Waals surface area contributed by atoms with E-state index in [0.717, 1.165) is 24.7 Å². The van der Waals surface area contributed by atoms with Crippen molar-refractivity contribution in [2.24, 2.45) is 0 Å². The van der Waals surface area contributed by atoms with Crippen LogP contribution in [0.25, 0.3) is 0 Å². The lowest BCUT2D eigenvalue weighted by Crippen LogP contribution is -2.36. The van der Waals surface area contributed by atoms with Crippen LogP contribution in [0.5, 0.6) is 0 Å². The second kappa shape index (κ2) is 5.55. The molecule has 0 aromatic carbocycles. The third kappa shape index (κ3) is 3.23. The van der Waals surface area contributed by atoms with Gasteiger partial charge in [0.2, 0.25) is 5.91 Å². The number of fused-ring (bicyclic) bond motifs is 1. The average Bonchev–Trinajstić information content (AvgIpc) is 2.75. The summed E-state index contributed by atoms with van der Waals surface area (Å²) < 4.78 is 0. The largest absolute Gasteiger partial charge is 0.481 e. The molecule has 1 aromatic heterocycles. The van der Waals surface area contributed by atoms with E-state index in [-0.39, 0.29) is 17.4 Å². The standard InChI is InChI=1S/C11H13NO3S2/c13-10(6-16-7-11(14)15)12-3-1-9-8(5-12)2-4-17-9/h2,4H,1,3,5-7H2,(H,14,15). The highest BCUT2D eigenvalue weighted by Crippen LogP contribution is 2.24. The normalized spacial score (nSPS) is 14.5. The van der Waals surface area contributed by atoms with Crippen molar-refractivity contribution in [1.82, 2.24) is 4.90 Å². The first-order valence-electron chi connectivity index (χ1n) is 5.29. The van der Waals surface area contributed by atoms with E-state index in [1.165, 1.54) is 10.4 Å². The minimum Gasteiger partial charge on any atom is -0.481 e. The number of hydrogen-bond acceptors (Lipinski definition) is 4. The van der Waals surface area contributed by atoms with E-state index in [9.17, 15) is 9.59 Å². The maximum atomic E-state index is 11.8. The Labute approximate surface area is 108 Å². The van der Waals surface area contributed by atoms with Crippen molar-refractivity contribution < 1.29 is 14.7 Å². The molecule has 1 aliphatic rings. The van der Waals surface area contributed by atoms with Gasteiger partial charge in [0, 0.05) is 18.0 Å². The van der Waals surface area contributed by atoms with E-state index in [0.29, 0.717) is 6.54 Å². The second-order valence-electron chi connectivity index (χ2n) is 3.82. The zero-order chi connectivity index (χ0) is 12.3. The van der Waals surface area contributed by atoms with Gasteiger partial charge in [0.15, 0.2) is 0 Å². The number of hydrogen-bond donors (Lipinski definition) is 1. The van der Waals surface area contributed by atoms with Crippen LogP contribution in [0.1, 0.15) is 10.4 Å². The number of nitrogens with zero attached hydrogens (tertiary/aromatic N) is 1. The molecular formula is C11H13NO3S2. The van der Waals surface area contributed by atoms with Gasteiger partial charge in [0.25, 0.3) is 0 Å². The maximum absolute atomic E-state index is 11.8. The SMILES string of the molecule is O=C(O)CSCC(=O)N1CCc2sccc2C1. The third-order valence-corrected chi connectivity index (χ3v) is 4.54. The van der Waals surface area contributed by atoms with E-state index in [1.54, 1.807) is 11.3 Å². The molecule has 0 atom stereocenters. The van der Waals surface area contributed by atoms with Crippen LogP contribution < -0.4 is 0 Å². The van der Waals surface area contributed by atoms with Gasteiger partial charge in [-0.15, -0.1) is 23.1 Å². The summed E-state index contributed by atoms with van der Waals surface area (Å²) in [5, 5.41) is 10.5. The number of carboxylic acid groups (broad SMARTS) is 1. The minimum atomic E-state index is -0.874. The van der Waals surface area contributed by atoms with Crippen molar-refractivity contribution >= 4 is 35.0 Å². The van der Waals surface area contributed by atoms with Gasteiger partial charge in [0.05, 0.1) is 11.5 Å². The quantitative estimate of drug-likeness (QED) is 0.900. The number of thiophene rings is 1. The number of rotatable bonds is 4. The van der Waals surface area contributed by atoms with Crippen molar-refractivity contribution in [1.29, 1.82) is 0 Å². The van der Waals surface area contributed by atoms with Gasteiger partial charge in [-0.25, -0.2) is 0 Å². The molecule has 4 nitrogen and oxygen atoms in total. The minimum absolute atomic E-state index is 0.0106. The molecule has 0 saturated carbocycles. The zero-order valence-electron chi connectivity index (χ0n) is 9.22. The van der Waals surface area contributed by atoms with Crippen molar-refractivity contribution in [3.8, 4) is 0 Å². The lowest BCUT2D eigenvalue weighted by molar-refractivity contribution is -0.133. The molecule has 0 radical (unpaired) electrons. The molecule has 0 aliphatic carbocycles. The molecule has 17 heavy (non-hydrogen) atoms. The highest BCUT2D eigenvalue weighted by molar-refractivity contribution is 8.00. The molecule has 0 unspecified atom stereocenters. The summed E-state index contributed by atoms with van der Waals surface area (Å²) >= 11 is 2.90.